The molecule has 148 valence electrons. The lowest BCUT2D eigenvalue weighted by Gasteiger charge is -2.15. The van der Waals surface area contributed by atoms with Gasteiger partial charge >= 0.3 is 11.9 Å². The molecule has 2 aromatic rings. The molecule has 0 aliphatic rings. The molecule has 0 saturated heterocycles. The van der Waals surface area contributed by atoms with E-state index >= 15 is 0 Å². The minimum Gasteiger partial charge on any atom is -0.490 e. The first-order valence-electron chi connectivity index (χ1n) is 8.75. The molecule has 1 atom stereocenters. The number of aliphatic carboxylic acids is 2. The second-order valence-corrected chi connectivity index (χ2v) is 6.29. The molecule has 7 nitrogen and oxygen atoms in total. The van der Waals surface area contributed by atoms with Crippen LogP contribution in [-0.2, 0) is 9.59 Å². The molecule has 0 aromatic heterocycles. The summed E-state index contributed by atoms with van der Waals surface area (Å²) >= 11 is 0. The van der Waals surface area contributed by atoms with Gasteiger partial charge in [0.1, 0.15) is 18.5 Å². The van der Waals surface area contributed by atoms with Gasteiger partial charge in [0.2, 0.25) is 0 Å². The Morgan fingerprint density at radius 2 is 1.59 bits per heavy atom. The fourth-order valence-electron chi connectivity index (χ4n) is 2.15. The number of aliphatic hydroxyl groups is 1. The summed E-state index contributed by atoms with van der Waals surface area (Å²) in [6, 6.07) is 14.4. The lowest BCUT2D eigenvalue weighted by molar-refractivity contribution is -0.143. The summed E-state index contributed by atoms with van der Waals surface area (Å²) in [7, 11) is 0. The van der Waals surface area contributed by atoms with Gasteiger partial charge in [-0.05, 0) is 11.5 Å². The van der Waals surface area contributed by atoms with Gasteiger partial charge in [-0.1, -0.05) is 50.2 Å². The van der Waals surface area contributed by atoms with Crippen LogP contribution >= 0.6 is 0 Å². The van der Waals surface area contributed by atoms with E-state index in [0.29, 0.717) is 19.2 Å². The monoisotopic (exact) mass is 377 g/mol. The Bertz CT molecular complexity index is 712. The third kappa shape index (κ3) is 9.58. The highest BCUT2D eigenvalue weighted by Gasteiger charge is 2.07. The standard InChI is InChI=1S/C16H21NO2.C4H6O4/c1-12(2)17-10-14(18)11-19-16-9-5-7-13-6-3-4-8-15(13)16;5-3(6)1-2-4(7)8/h3-9,12,14,17-18H,10-11H2,1-2H3;1-2H2,(H,5,6)(H,7,8). The normalized spacial score (nSPS) is 11.6. The lowest BCUT2D eigenvalue weighted by Crippen LogP contribution is -2.35. The quantitative estimate of drug-likeness (QED) is 0.530. The van der Waals surface area contributed by atoms with E-state index in [1.165, 1.54) is 0 Å². The number of fused-ring (bicyclic) bond motifs is 1. The minimum absolute atomic E-state index is 0.296. The molecule has 4 N–H and O–H groups in total. The van der Waals surface area contributed by atoms with Crippen LogP contribution in [0.1, 0.15) is 26.7 Å². The van der Waals surface area contributed by atoms with Crippen molar-refractivity contribution in [1.29, 1.82) is 0 Å². The zero-order chi connectivity index (χ0) is 20.2. The van der Waals surface area contributed by atoms with E-state index in [0.717, 1.165) is 16.5 Å². The molecule has 0 amide bonds. The van der Waals surface area contributed by atoms with E-state index in [2.05, 4.69) is 31.3 Å². The predicted octanol–water partition coefficient (Wildman–Crippen LogP) is 2.51. The highest BCUT2D eigenvalue weighted by molar-refractivity contribution is 5.88. The van der Waals surface area contributed by atoms with Crippen LogP contribution in [0.5, 0.6) is 5.75 Å². The minimum atomic E-state index is -1.08. The van der Waals surface area contributed by atoms with Gasteiger partial charge in [0, 0.05) is 18.0 Å². The Kier molecular flexibility index (Phi) is 9.85. The van der Waals surface area contributed by atoms with Crippen LogP contribution in [0.25, 0.3) is 10.8 Å². The van der Waals surface area contributed by atoms with Crippen LogP contribution in [0, 0.1) is 0 Å². The molecular formula is C20H27NO6. The first-order chi connectivity index (χ1) is 12.8. The molecule has 0 saturated carbocycles. The SMILES string of the molecule is CC(C)NCC(O)COc1cccc2ccccc12.O=C(O)CCC(=O)O. The number of carbonyl (C=O) groups is 2. The molecule has 2 rings (SSSR count). The van der Waals surface area contributed by atoms with E-state index in [-0.39, 0.29) is 12.8 Å². The summed E-state index contributed by atoms with van der Waals surface area (Å²) in [6.07, 6.45) is -1.09. The number of ether oxygens (including phenoxy) is 1. The number of carboxylic acid groups (broad SMARTS) is 2. The van der Waals surface area contributed by atoms with Gasteiger partial charge in [-0.15, -0.1) is 0 Å². The van der Waals surface area contributed by atoms with Crippen LogP contribution < -0.4 is 10.1 Å². The van der Waals surface area contributed by atoms with Gasteiger partial charge in [0.25, 0.3) is 0 Å². The number of hydrogen-bond donors (Lipinski definition) is 4. The fourth-order valence-corrected chi connectivity index (χ4v) is 2.15. The molecule has 0 fully saturated rings. The summed E-state index contributed by atoms with van der Waals surface area (Å²) in [4.78, 5) is 19.3. The summed E-state index contributed by atoms with van der Waals surface area (Å²) in [5, 5.41) is 31.1. The zero-order valence-electron chi connectivity index (χ0n) is 15.6. The Morgan fingerprint density at radius 1 is 1.00 bits per heavy atom. The van der Waals surface area contributed by atoms with E-state index in [1.54, 1.807) is 0 Å². The first kappa shape index (κ1) is 22.4. The summed E-state index contributed by atoms with van der Waals surface area (Å²) in [6.45, 7) is 4.95. The van der Waals surface area contributed by atoms with Crippen molar-refractivity contribution in [2.75, 3.05) is 13.2 Å². The number of benzene rings is 2. The largest absolute Gasteiger partial charge is 0.490 e. The van der Waals surface area contributed by atoms with Crippen molar-refractivity contribution in [2.24, 2.45) is 0 Å². The summed E-state index contributed by atoms with van der Waals surface area (Å²) in [5.74, 6) is -1.33. The van der Waals surface area contributed by atoms with Crippen molar-refractivity contribution in [3.63, 3.8) is 0 Å². The molecule has 7 heteroatoms. The van der Waals surface area contributed by atoms with Crippen molar-refractivity contribution in [3.8, 4) is 5.75 Å². The highest BCUT2D eigenvalue weighted by atomic mass is 16.5. The van der Waals surface area contributed by atoms with E-state index in [9.17, 15) is 14.7 Å². The zero-order valence-corrected chi connectivity index (χ0v) is 15.6. The average molecular weight is 377 g/mol. The molecule has 1 unspecified atom stereocenters. The Hall–Kier alpha value is -2.64. The van der Waals surface area contributed by atoms with Gasteiger partial charge in [0.15, 0.2) is 0 Å². The average Bonchev–Trinajstić information content (AvgIpc) is 2.63. The molecule has 2 aromatic carbocycles. The van der Waals surface area contributed by atoms with Gasteiger partial charge < -0.3 is 25.4 Å². The maximum atomic E-state index is 9.84. The van der Waals surface area contributed by atoms with Crippen molar-refractivity contribution in [2.45, 2.75) is 38.8 Å². The Labute approximate surface area is 158 Å². The van der Waals surface area contributed by atoms with Gasteiger partial charge in [-0.2, -0.15) is 0 Å². The lowest BCUT2D eigenvalue weighted by atomic mass is 10.1. The van der Waals surface area contributed by atoms with Gasteiger partial charge in [0.05, 0.1) is 12.8 Å². The molecule has 0 aliphatic carbocycles. The number of hydrogen-bond acceptors (Lipinski definition) is 5. The molecule has 0 spiro atoms. The van der Waals surface area contributed by atoms with E-state index in [4.69, 9.17) is 14.9 Å². The van der Waals surface area contributed by atoms with Crippen molar-refractivity contribution >= 4 is 22.7 Å². The number of aliphatic hydroxyl groups excluding tert-OH is 1. The van der Waals surface area contributed by atoms with E-state index < -0.39 is 18.0 Å². The highest BCUT2D eigenvalue weighted by Crippen LogP contribution is 2.25. The summed E-state index contributed by atoms with van der Waals surface area (Å²) < 4.78 is 5.72. The fraction of sp³-hybridized carbons (Fsp3) is 0.400. The smallest absolute Gasteiger partial charge is 0.303 e. The van der Waals surface area contributed by atoms with Crippen LogP contribution in [0.3, 0.4) is 0 Å². The van der Waals surface area contributed by atoms with E-state index in [1.807, 2.05) is 30.3 Å². The number of rotatable bonds is 9. The maximum Gasteiger partial charge on any atom is 0.303 e. The van der Waals surface area contributed by atoms with Gasteiger partial charge in [-0.3, -0.25) is 9.59 Å². The Morgan fingerprint density at radius 3 is 2.19 bits per heavy atom. The molecule has 0 bridgehead atoms. The van der Waals surface area contributed by atoms with Gasteiger partial charge in [-0.25, -0.2) is 0 Å². The number of nitrogens with one attached hydrogen (secondary N) is 1. The molecular weight excluding hydrogens is 350 g/mol. The maximum absolute atomic E-state index is 9.84. The van der Waals surface area contributed by atoms with Crippen molar-refractivity contribution in [3.05, 3.63) is 42.5 Å². The number of carboxylic acids is 2. The van der Waals surface area contributed by atoms with Crippen LogP contribution in [0.15, 0.2) is 42.5 Å². The second-order valence-electron chi connectivity index (χ2n) is 6.29. The van der Waals surface area contributed by atoms with Crippen LogP contribution in [-0.4, -0.2) is 52.6 Å². The first-order valence-corrected chi connectivity index (χ1v) is 8.75. The third-order valence-corrected chi connectivity index (χ3v) is 3.50. The van der Waals surface area contributed by atoms with Crippen LogP contribution in [0.2, 0.25) is 0 Å². The van der Waals surface area contributed by atoms with Crippen molar-refractivity contribution < 1.29 is 29.6 Å². The molecule has 27 heavy (non-hydrogen) atoms. The van der Waals surface area contributed by atoms with Crippen LogP contribution in [0.4, 0.5) is 0 Å². The predicted molar refractivity (Wildman–Crippen MR) is 103 cm³/mol. The third-order valence-electron chi connectivity index (χ3n) is 3.50. The topological polar surface area (TPSA) is 116 Å². The molecule has 0 heterocycles. The summed E-state index contributed by atoms with van der Waals surface area (Å²) in [5.41, 5.74) is 0. The molecule has 0 radical (unpaired) electrons. The molecule has 0 aliphatic heterocycles. The Balaban J connectivity index is 0.000000387. The van der Waals surface area contributed by atoms with Crippen molar-refractivity contribution in [1.82, 2.24) is 5.32 Å². The second kappa shape index (κ2) is 11.9.